The molecule has 2 aromatic carbocycles. The number of halogens is 6. The van der Waals surface area contributed by atoms with E-state index in [4.69, 9.17) is 69.6 Å². The van der Waals surface area contributed by atoms with Gasteiger partial charge in [-0.05, 0) is 60.6 Å². The molecule has 2 N–H and O–H groups in total. The molecular formula is C23H20Cl6O2. The minimum atomic E-state index is -1.53. The number of phenolic OH excluding ortho intramolecular Hbond substituents is 2. The quantitative estimate of drug-likeness (QED) is 0.377. The average molecular weight is 541 g/mol. The molecule has 8 heteroatoms. The predicted octanol–water partition coefficient (Wildman–Crippen LogP) is 8.04. The van der Waals surface area contributed by atoms with Crippen LogP contribution in [0, 0.1) is 5.92 Å². The predicted molar refractivity (Wildman–Crippen MR) is 130 cm³/mol. The van der Waals surface area contributed by atoms with E-state index in [0.29, 0.717) is 19.3 Å². The standard InChI is InChI=1S/C23H20Cl6O2/c1-20(13-2-6-16(30)7-3-13,14-4-8-17(31)9-5-14)11-10-15-12-21(26)18(24)19(25)22(15,27)23(21,28)29/h2-9,15,30-31H,10-12H2,1H3. The van der Waals surface area contributed by atoms with Crippen LogP contribution in [0.2, 0.25) is 0 Å². The lowest BCUT2D eigenvalue weighted by atomic mass is 9.70. The van der Waals surface area contributed by atoms with Crippen molar-refractivity contribution in [2.45, 2.75) is 45.7 Å². The fraction of sp³-hybridized carbons (Fsp3) is 0.391. The summed E-state index contributed by atoms with van der Waals surface area (Å²) in [5.74, 6) is 0.175. The SMILES string of the molecule is CC(CCC1CC2(Cl)C(Cl)=C(Cl)C1(Cl)C2(Cl)Cl)(c1ccc(O)cc1)c1ccc(O)cc1. The Morgan fingerprint density at radius 1 is 0.839 bits per heavy atom. The number of phenols is 2. The third-order valence-corrected chi connectivity index (χ3v) is 11.2. The summed E-state index contributed by atoms with van der Waals surface area (Å²) in [6.45, 7) is 2.11. The number of aromatic hydroxyl groups is 2. The van der Waals surface area contributed by atoms with Crippen molar-refractivity contribution in [2.24, 2.45) is 5.92 Å². The maximum atomic E-state index is 9.75. The van der Waals surface area contributed by atoms with E-state index in [-0.39, 0.29) is 27.5 Å². The van der Waals surface area contributed by atoms with Gasteiger partial charge in [0, 0.05) is 5.41 Å². The van der Waals surface area contributed by atoms with E-state index in [1.54, 1.807) is 24.3 Å². The molecule has 0 saturated heterocycles. The molecule has 2 nitrogen and oxygen atoms in total. The molecule has 1 fully saturated rings. The smallest absolute Gasteiger partial charge is 0.166 e. The lowest BCUT2D eigenvalue weighted by molar-refractivity contribution is 0.369. The van der Waals surface area contributed by atoms with Crippen LogP contribution in [-0.4, -0.2) is 24.3 Å². The summed E-state index contributed by atoms with van der Waals surface area (Å²) in [5.41, 5.74) is 1.56. The van der Waals surface area contributed by atoms with Gasteiger partial charge in [0.1, 0.15) is 21.2 Å². The summed E-state index contributed by atoms with van der Waals surface area (Å²) in [6.07, 6.45) is 1.69. The molecule has 0 radical (unpaired) electrons. The van der Waals surface area contributed by atoms with Crippen LogP contribution in [0.3, 0.4) is 0 Å². The lowest BCUT2D eigenvalue weighted by Gasteiger charge is -2.37. The van der Waals surface area contributed by atoms with Crippen LogP contribution >= 0.6 is 69.6 Å². The zero-order valence-corrected chi connectivity index (χ0v) is 21.0. The molecule has 3 unspecified atom stereocenters. The Labute approximate surface area is 211 Å². The highest BCUT2D eigenvalue weighted by molar-refractivity contribution is 6.65. The van der Waals surface area contributed by atoms with Gasteiger partial charge in [-0.15, -0.1) is 23.2 Å². The third kappa shape index (κ3) is 3.28. The molecule has 31 heavy (non-hydrogen) atoms. The largest absolute Gasteiger partial charge is 0.508 e. The van der Waals surface area contributed by atoms with Crippen molar-refractivity contribution < 1.29 is 10.2 Å². The first-order chi connectivity index (χ1) is 14.4. The van der Waals surface area contributed by atoms with Crippen LogP contribution in [-0.2, 0) is 5.41 Å². The second-order valence-corrected chi connectivity index (χ2v) is 11.9. The minimum absolute atomic E-state index is 0.189. The molecule has 2 bridgehead atoms. The highest BCUT2D eigenvalue weighted by Gasteiger charge is 2.78. The molecule has 0 amide bonds. The van der Waals surface area contributed by atoms with Gasteiger partial charge in [0.05, 0.1) is 10.1 Å². The van der Waals surface area contributed by atoms with E-state index in [1.807, 2.05) is 24.3 Å². The molecule has 1 saturated carbocycles. The first kappa shape index (κ1) is 23.7. The fourth-order valence-corrected chi connectivity index (χ4v) is 7.79. The molecular weight excluding hydrogens is 521 g/mol. The number of hydrogen-bond donors (Lipinski definition) is 2. The molecule has 0 aliphatic heterocycles. The molecule has 0 aromatic heterocycles. The van der Waals surface area contributed by atoms with E-state index >= 15 is 0 Å². The third-order valence-electron chi connectivity index (χ3n) is 6.91. The molecule has 2 aromatic rings. The Balaban J connectivity index is 1.70. The van der Waals surface area contributed by atoms with E-state index in [2.05, 4.69) is 6.92 Å². The van der Waals surface area contributed by atoms with Crippen LogP contribution < -0.4 is 0 Å². The zero-order chi connectivity index (χ0) is 22.8. The van der Waals surface area contributed by atoms with E-state index in [1.165, 1.54) is 0 Å². The van der Waals surface area contributed by atoms with Crippen LogP contribution in [0.5, 0.6) is 11.5 Å². The van der Waals surface area contributed by atoms with Crippen molar-refractivity contribution in [3.05, 3.63) is 69.7 Å². The van der Waals surface area contributed by atoms with E-state index < -0.39 is 19.5 Å². The topological polar surface area (TPSA) is 40.5 Å². The van der Waals surface area contributed by atoms with Crippen LogP contribution in [0.25, 0.3) is 0 Å². The van der Waals surface area contributed by atoms with Crippen molar-refractivity contribution in [1.82, 2.24) is 0 Å². The monoisotopic (exact) mass is 538 g/mol. The number of benzene rings is 2. The molecule has 4 rings (SSSR count). The zero-order valence-electron chi connectivity index (χ0n) is 16.5. The number of rotatable bonds is 5. The average Bonchev–Trinajstić information content (AvgIpc) is 2.95. The summed E-state index contributed by atoms with van der Waals surface area (Å²) in [7, 11) is 0. The van der Waals surface area contributed by atoms with Gasteiger partial charge >= 0.3 is 0 Å². The first-order valence-corrected chi connectivity index (χ1v) is 12.1. The van der Waals surface area contributed by atoms with Crippen molar-refractivity contribution in [3.63, 3.8) is 0 Å². The maximum absolute atomic E-state index is 9.75. The number of allylic oxidation sites excluding steroid dienone is 2. The van der Waals surface area contributed by atoms with Crippen molar-refractivity contribution in [2.75, 3.05) is 0 Å². The number of alkyl halides is 4. The van der Waals surface area contributed by atoms with Crippen molar-refractivity contribution in [3.8, 4) is 11.5 Å². The van der Waals surface area contributed by atoms with Gasteiger partial charge < -0.3 is 10.2 Å². The lowest BCUT2D eigenvalue weighted by Crippen LogP contribution is -2.44. The van der Waals surface area contributed by atoms with Gasteiger partial charge in [0.15, 0.2) is 4.33 Å². The summed E-state index contributed by atoms with van der Waals surface area (Å²) < 4.78 is -1.53. The number of hydrogen-bond acceptors (Lipinski definition) is 2. The van der Waals surface area contributed by atoms with Crippen molar-refractivity contribution >= 4 is 69.6 Å². The van der Waals surface area contributed by atoms with Gasteiger partial charge in [-0.25, -0.2) is 0 Å². The van der Waals surface area contributed by atoms with Crippen LogP contribution in [0.15, 0.2) is 58.6 Å². The van der Waals surface area contributed by atoms with Crippen molar-refractivity contribution in [1.29, 1.82) is 0 Å². The Morgan fingerprint density at radius 2 is 1.29 bits per heavy atom. The van der Waals surface area contributed by atoms with Crippen LogP contribution in [0.1, 0.15) is 37.3 Å². The van der Waals surface area contributed by atoms with Gasteiger partial charge in [-0.2, -0.15) is 0 Å². The van der Waals surface area contributed by atoms with Gasteiger partial charge in [-0.3, -0.25) is 0 Å². The number of fused-ring (bicyclic) bond motifs is 2. The molecule has 2 aliphatic carbocycles. The molecule has 166 valence electrons. The summed E-state index contributed by atoms with van der Waals surface area (Å²) in [6, 6.07) is 14.2. The van der Waals surface area contributed by atoms with Gasteiger partial charge in [-0.1, -0.05) is 77.6 Å². The Hall–Kier alpha value is -0.480. The normalized spacial score (nSPS) is 29.6. The summed E-state index contributed by atoms with van der Waals surface area (Å²) in [4.78, 5) is -2.50. The van der Waals surface area contributed by atoms with Crippen LogP contribution in [0.4, 0.5) is 0 Å². The molecule has 0 spiro atoms. The molecule has 0 heterocycles. The van der Waals surface area contributed by atoms with Gasteiger partial charge in [0.2, 0.25) is 0 Å². The Bertz CT molecular complexity index is 988. The second-order valence-electron chi connectivity index (χ2n) is 8.58. The Morgan fingerprint density at radius 3 is 1.68 bits per heavy atom. The van der Waals surface area contributed by atoms with E-state index in [0.717, 1.165) is 11.1 Å². The molecule has 2 aliphatic rings. The fourth-order valence-electron chi connectivity index (χ4n) is 4.91. The second kappa shape index (κ2) is 7.79. The summed E-state index contributed by atoms with van der Waals surface area (Å²) >= 11 is 39.9. The van der Waals surface area contributed by atoms with E-state index in [9.17, 15) is 10.2 Å². The summed E-state index contributed by atoms with van der Waals surface area (Å²) in [5, 5.41) is 19.9. The first-order valence-electron chi connectivity index (χ1n) is 9.79. The minimum Gasteiger partial charge on any atom is -0.508 e. The highest BCUT2D eigenvalue weighted by Crippen LogP contribution is 2.75. The highest BCUT2D eigenvalue weighted by atomic mass is 35.5. The van der Waals surface area contributed by atoms with Gasteiger partial charge in [0.25, 0.3) is 0 Å². The Kier molecular flexibility index (Phi) is 5.95. The molecule has 3 atom stereocenters. The maximum Gasteiger partial charge on any atom is 0.166 e.